The molecule has 1 aromatic rings. The van der Waals surface area contributed by atoms with Gasteiger partial charge in [0.05, 0.1) is 5.60 Å². The van der Waals surface area contributed by atoms with Gasteiger partial charge in [0.15, 0.2) is 11.5 Å². The number of amides is 1. The first-order valence-electron chi connectivity index (χ1n) is 5.72. The van der Waals surface area contributed by atoms with Crippen LogP contribution in [-0.4, -0.2) is 44.8 Å². The number of carbonyl (C=O) groups excluding carboxylic acids is 1. The fourth-order valence-corrected chi connectivity index (χ4v) is 2.18. The van der Waals surface area contributed by atoms with E-state index in [-0.39, 0.29) is 30.6 Å². The van der Waals surface area contributed by atoms with Crippen molar-refractivity contribution in [2.24, 2.45) is 11.7 Å². The van der Waals surface area contributed by atoms with E-state index < -0.39 is 11.5 Å². The van der Waals surface area contributed by atoms with Gasteiger partial charge in [-0.2, -0.15) is 0 Å². The zero-order chi connectivity index (χ0) is 13.2. The van der Waals surface area contributed by atoms with E-state index >= 15 is 0 Å². The molecular weight excluding hydrogens is 236 g/mol. The topological polar surface area (TPSA) is 121 Å². The standard InChI is InChI=1S/C11H16N4O3/c12-9(17)8-10(14-2-1-13-8)15-6-11(18)3-7(4-11)5-16/h1-2,7,16,18H,3-6H2,(H2,12,17)(H,14,15). The van der Waals surface area contributed by atoms with Crippen molar-refractivity contribution < 1.29 is 15.0 Å². The number of aliphatic hydroxyl groups excluding tert-OH is 1. The van der Waals surface area contributed by atoms with Gasteiger partial charge >= 0.3 is 0 Å². The van der Waals surface area contributed by atoms with Gasteiger partial charge in [0, 0.05) is 25.5 Å². The maximum absolute atomic E-state index is 11.1. The smallest absolute Gasteiger partial charge is 0.271 e. The Balaban J connectivity index is 1.97. The van der Waals surface area contributed by atoms with E-state index in [4.69, 9.17) is 10.8 Å². The SMILES string of the molecule is NC(=O)c1nccnc1NCC1(O)CC(CO)C1. The largest absolute Gasteiger partial charge is 0.396 e. The van der Waals surface area contributed by atoms with Crippen molar-refractivity contribution in [2.45, 2.75) is 18.4 Å². The van der Waals surface area contributed by atoms with Crippen LogP contribution in [0.3, 0.4) is 0 Å². The molecule has 7 heteroatoms. The molecule has 18 heavy (non-hydrogen) atoms. The van der Waals surface area contributed by atoms with Crippen LogP contribution in [0.15, 0.2) is 12.4 Å². The molecular formula is C11H16N4O3. The minimum absolute atomic E-state index is 0.0548. The van der Waals surface area contributed by atoms with Crippen molar-refractivity contribution >= 4 is 11.7 Å². The highest BCUT2D eigenvalue weighted by Crippen LogP contribution is 2.37. The molecule has 0 aromatic carbocycles. The van der Waals surface area contributed by atoms with Crippen molar-refractivity contribution in [3.63, 3.8) is 0 Å². The molecule has 1 aromatic heterocycles. The number of nitrogens with one attached hydrogen (secondary N) is 1. The summed E-state index contributed by atoms with van der Waals surface area (Å²) in [7, 11) is 0. The molecule has 0 unspecified atom stereocenters. The molecule has 0 saturated heterocycles. The average Bonchev–Trinajstić information content (AvgIpc) is 2.33. The molecule has 5 N–H and O–H groups in total. The van der Waals surface area contributed by atoms with Crippen LogP contribution in [0.5, 0.6) is 0 Å². The molecule has 0 atom stereocenters. The Morgan fingerprint density at radius 3 is 2.78 bits per heavy atom. The number of hydrogen-bond donors (Lipinski definition) is 4. The molecule has 7 nitrogen and oxygen atoms in total. The lowest BCUT2D eigenvalue weighted by Gasteiger charge is -2.43. The van der Waals surface area contributed by atoms with Crippen LogP contribution < -0.4 is 11.1 Å². The Kier molecular flexibility index (Phi) is 3.44. The number of rotatable bonds is 5. The molecule has 0 spiro atoms. The lowest BCUT2D eigenvalue weighted by molar-refractivity contribution is -0.0764. The monoisotopic (exact) mass is 252 g/mol. The molecule has 1 amide bonds. The summed E-state index contributed by atoms with van der Waals surface area (Å²) < 4.78 is 0. The Morgan fingerprint density at radius 1 is 1.50 bits per heavy atom. The van der Waals surface area contributed by atoms with Crippen LogP contribution in [0.1, 0.15) is 23.3 Å². The predicted octanol–water partition coefficient (Wildman–Crippen LogP) is -0.879. The van der Waals surface area contributed by atoms with Gasteiger partial charge in [-0.1, -0.05) is 0 Å². The molecule has 98 valence electrons. The van der Waals surface area contributed by atoms with Crippen molar-refractivity contribution in [1.82, 2.24) is 9.97 Å². The Morgan fingerprint density at radius 2 is 2.17 bits per heavy atom. The third-order valence-electron chi connectivity index (χ3n) is 3.11. The maximum atomic E-state index is 11.1. The fourth-order valence-electron chi connectivity index (χ4n) is 2.18. The minimum Gasteiger partial charge on any atom is -0.396 e. The number of nitrogens with two attached hydrogens (primary N) is 1. The molecule has 1 fully saturated rings. The summed E-state index contributed by atoms with van der Waals surface area (Å²) in [5.74, 6) is -0.250. The van der Waals surface area contributed by atoms with Gasteiger partial charge in [0.2, 0.25) is 0 Å². The van der Waals surface area contributed by atoms with Crippen molar-refractivity contribution in [3.05, 3.63) is 18.1 Å². The van der Waals surface area contributed by atoms with Crippen LogP contribution in [0.2, 0.25) is 0 Å². The highest BCUT2D eigenvalue weighted by atomic mass is 16.3. The Bertz CT molecular complexity index is 446. The zero-order valence-corrected chi connectivity index (χ0v) is 9.83. The van der Waals surface area contributed by atoms with Gasteiger partial charge in [-0.3, -0.25) is 4.79 Å². The lowest BCUT2D eigenvalue weighted by Crippen LogP contribution is -2.50. The first kappa shape index (κ1) is 12.7. The van der Waals surface area contributed by atoms with E-state index in [0.717, 1.165) is 0 Å². The Hall–Kier alpha value is -1.73. The summed E-state index contributed by atoms with van der Waals surface area (Å²) in [5.41, 5.74) is 4.36. The summed E-state index contributed by atoms with van der Waals surface area (Å²) >= 11 is 0. The second-order valence-electron chi connectivity index (χ2n) is 4.65. The number of primary amides is 1. The molecule has 2 rings (SSSR count). The molecule has 1 aliphatic rings. The number of aliphatic hydroxyl groups is 2. The molecule has 0 aliphatic heterocycles. The Labute approximate surface area is 104 Å². The maximum Gasteiger partial charge on any atom is 0.271 e. The van der Waals surface area contributed by atoms with Gasteiger partial charge < -0.3 is 21.3 Å². The van der Waals surface area contributed by atoms with E-state index in [1.54, 1.807) is 0 Å². The summed E-state index contributed by atoms with van der Waals surface area (Å²) in [5, 5.41) is 21.8. The van der Waals surface area contributed by atoms with Gasteiger partial charge in [-0.25, -0.2) is 9.97 Å². The fraction of sp³-hybridized carbons (Fsp3) is 0.545. The second-order valence-corrected chi connectivity index (χ2v) is 4.65. The van der Waals surface area contributed by atoms with E-state index in [2.05, 4.69) is 15.3 Å². The van der Waals surface area contributed by atoms with Gasteiger partial charge in [-0.05, 0) is 18.8 Å². The first-order valence-corrected chi connectivity index (χ1v) is 5.72. The van der Waals surface area contributed by atoms with Gasteiger partial charge in [0.1, 0.15) is 0 Å². The number of carbonyl (C=O) groups is 1. The van der Waals surface area contributed by atoms with Gasteiger partial charge in [-0.15, -0.1) is 0 Å². The van der Waals surface area contributed by atoms with Crippen LogP contribution in [0, 0.1) is 5.92 Å². The van der Waals surface area contributed by atoms with Crippen molar-refractivity contribution in [2.75, 3.05) is 18.5 Å². The molecule has 1 heterocycles. The number of nitrogens with zero attached hydrogens (tertiary/aromatic N) is 2. The third kappa shape index (κ3) is 2.57. The molecule has 0 radical (unpaired) electrons. The summed E-state index contributed by atoms with van der Waals surface area (Å²) in [4.78, 5) is 18.9. The highest BCUT2D eigenvalue weighted by molar-refractivity contribution is 5.95. The number of aromatic nitrogens is 2. The van der Waals surface area contributed by atoms with E-state index in [1.165, 1.54) is 12.4 Å². The van der Waals surface area contributed by atoms with E-state index in [1.807, 2.05) is 0 Å². The number of anilines is 1. The van der Waals surface area contributed by atoms with E-state index in [9.17, 15) is 9.90 Å². The summed E-state index contributed by atoms with van der Waals surface area (Å²) in [6.45, 7) is 0.336. The molecule has 0 bridgehead atoms. The molecule has 1 aliphatic carbocycles. The van der Waals surface area contributed by atoms with Crippen molar-refractivity contribution in [3.8, 4) is 0 Å². The van der Waals surface area contributed by atoms with Crippen LogP contribution in [0.4, 0.5) is 5.82 Å². The number of hydrogen-bond acceptors (Lipinski definition) is 6. The van der Waals surface area contributed by atoms with Crippen molar-refractivity contribution in [1.29, 1.82) is 0 Å². The average molecular weight is 252 g/mol. The second kappa shape index (κ2) is 4.87. The zero-order valence-electron chi connectivity index (χ0n) is 9.83. The highest BCUT2D eigenvalue weighted by Gasteiger charge is 2.42. The van der Waals surface area contributed by atoms with Crippen LogP contribution in [0.25, 0.3) is 0 Å². The van der Waals surface area contributed by atoms with Gasteiger partial charge in [0.25, 0.3) is 5.91 Å². The summed E-state index contributed by atoms with van der Waals surface area (Å²) in [6.07, 6.45) is 3.88. The van der Waals surface area contributed by atoms with E-state index in [0.29, 0.717) is 12.8 Å². The van der Waals surface area contributed by atoms with Crippen LogP contribution in [-0.2, 0) is 0 Å². The summed E-state index contributed by atoms with van der Waals surface area (Å²) in [6, 6.07) is 0. The quantitative estimate of drug-likeness (QED) is 0.540. The van der Waals surface area contributed by atoms with Crippen LogP contribution >= 0.6 is 0 Å². The minimum atomic E-state index is -0.861. The first-order chi connectivity index (χ1) is 8.54. The predicted molar refractivity (Wildman–Crippen MR) is 63.8 cm³/mol. The normalized spacial score (nSPS) is 26.4. The lowest BCUT2D eigenvalue weighted by atomic mass is 9.71. The third-order valence-corrected chi connectivity index (χ3v) is 3.11. The molecule has 1 saturated carbocycles.